The number of carbonyl (C=O) groups is 1. The molecule has 39 heavy (non-hydrogen) atoms. The number of aryl methyl sites for hydroxylation is 1. The minimum atomic E-state index is 0.0942. The predicted molar refractivity (Wildman–Crippen MR) is 163 cm³/mol. The summed E-state index contributed by atoms with van der Waals surface area (Å²) >= 11 is 0. The number of ether oxygens (including phenoxy) is 1. The first-order chi connectivity index (χ1) is 18.8. The summed E-state index contributed by atoms with van der Waals surface area (Å²) in [5.74, 6) is 1.88. The normalized spacial score (nSPS) is 13.0. The molecule has 0 saturated carbocycles. The Bertz CT molecular complexity index is 922. The second-order valence-corrected chi connectivity index (χ2v) is 10.0. The van der Waals surface area contributed by atoms with E-state index in [1.165, 1.54) is 5.57 Å². The number of amides is 1. The maximum absolute atomic E-state index is 12.1. The van der Waals surface area contributed by atoms with E-state index in [2.05, 4.69) is 65.8 Å². The first kappa shape index (κ1) is 34.1. The molecule has 1 rings (SSSR count). The molecule has 0 unspecified atom stereocenters. The lowest BCUT2D eigenvalue weighted by atomic mass is 9.98. The van der Waals surface area contributed by atoms with Crippen molar-refractivity contribution >= 4 is 11.9 Å². The molecule has 0 saturated heterocycles. The van der Waals surface area contributed by atoms with Crippen molar-refractivity contribution in [1.82, 2.24) is 15.3 Å². The van der Waals surface area contributed by atoms with Gasteiger partial charge in [-0.1, -0.05) is 38.7 Å². The maximum atomic E-state index is 12.1. The van der Waals surface area contributed by atoms with Crippen LogP contribution in [-0.4, -0.2) is 53.8 Å². The highest BCUT2D eigenvalue weighted by atomic mass is 16.5. The third kappa shape index (κ3) is 15.3. The zero-order chi connectivity index (χ0) is 28.9. The number of nitrogens with zero attached hydrogens (tertiary/aromatic N) is 3. The van der Waals surface area contributed by atoms with Crippen molar-refractivity contribution in [2.24, 2.45) is 5.92 Å². The smallest absolute Gasteiger partial charge is 0.225 e. The number of aliphatic hydroxyl groups is 1. The second kappa shape index (κ2) is 21.0. The Morgan fingerprint density at radius 3 is 2.54 bits per heavy atom. The van der Waals surface area contributed by atoms with Crippen LogP contribution in [0.4, 0.5) is 5.95 Å². The van der Waals surface area contributed by atoms with E-state index < -0.39 is 0 Å². The van der Waals surface area contributed by atoms with Crippen LogP contribution < -0.4 is 10.2 Å². The molecule has 0 spiro atoms. The number of carbonyl (C=O) groups excluding carboxylic acids is 1. The summed E-state index contributed by atoms with van der Waals surface area (Å²) in [7, 11) is 0. The monoisotopic (exact) mass is 540 g/mol. The van der Waals surface area contributed by atoms with Crippen molar-refractivity contribution in [3.63, 3.8) is 0 Å². The van der Waals surface area contributed by atoms with Crippen molar-refractivity contribution < 1.29 is 14.6 Å². The second-order valence-electron chi connectivity index (χ2n) is 10.0. The molecule has 1 amide bonds. The SMILES string of the molecule is C=C(\C=C/C(=C\C)C(=C/CC)/CCCC(=O)NCCCCCO)OC[C@@H](C)CCN(CC)c1ncc(C)cn1. The van der Waals surface area contributed by atoms with E-state index in [1.54, 1.807) is 0 Å². The molecule has 1 aromatic heterocycles. The molecule has 1 atom stereocenters. The molecule has 7 heteroatoms. The van der Waals surface area contributed by atoms with Crippen molar-refractivity contribution in [1.29, 1.82) is 0 Å². The lowest BCUT2D eigenvalue weighted by Crippen LogP contribution is -2.27. The molecule has 2 N–H and O–H groups in total. The minimum absolute atomic E-state index is 0.0942. The van der Waals surface area contributed by atoms with E-state index in [4.69, 9.17) is 9.84 Å². The topological polar surface area (TPSA) is 87.6 Å². The zero-order valence-electron chi connectivity index (χ0n) is 25.0. The summed E-state index contributed by atoms with van der Waals surface area (Å²) in [4.78, 5) is 23.2. The number of aliphatic hydroxyl groups excluding tert-OH is 1. The Morgan fingerprint density at radius 1 is 1.15 bits per heavy atom. The van der Waals surface area contributed by atoms with E-state index in [-0.39, 0.29) is 12.5 Å². The van der Waals surface area contributed by atoms with Gasteiger partial charge in [0.05, 0.1) is 6.61 Å². The largest absolute Gasteiger partial charge is 0.494 e. The van der Waals surface area contributed by atoms with Crippen LogP contribution in [0.3, 0.4) is 0 Å². The molecule has 218 valence electrons. The highest BCUT2D eigenvalue weighted by Gasteiger charge is 2.11. The van der Waals surface area contributed by atoms with Crippen LogP contribution >= 0.6 is 0 Å². The van der Waals surface area contributed by atoms with E-state index in [0.29, 0.717) is 31.2 Å². The van der Waals surface area contributed by atoms with Gasteiger partial charge in [0, 0.05) is 45.1 Å². The number of hydrogen-bond donors (Lipinski definition) is 2. The number of anilines is 1. The molecule has 0 radical (unpaired) electrons. The van der Waals surface area contributed by atoms with E-state index in [1.807, 2.05) is 32.3 Å². The Morgan fingerprint density at radius 2 is 1.90 bits per heavy atom. The number of allylic oxidation sites excluding steroid dienone is 6. The number of nitrogens with one attached hydrogen (secondary N) is 1. The minimum Gasteiger partial charge on any atom is -0.494 e. The number of hydrogen-bond acceptors (Lipinski definition) is 6. The van der Waals surface area contributed by atoms with Crippen LogP contribution in [-0.2, 0) is 9.53 Å². The fraction of sp³-hybridized carbons (Fsp3) is 0.594. The van der Waals surface area contributed by atoms with Gasteiger partial charge < -0.3 is 20.1 Å². The Labute approximate surface area is 237 Å². The summed E-state index contributed by atoms with van der Waals surface area (Å²) in [5, 5.41) is 11.8. The molecule has 0 aliphatic rings. The third-order valence-corrected chi connectivity index (χ3v) is 6.47. The van der Waals surface area contributed by atoms with Crippen molar-refractivity contribution in [2.75, 3.05) is 37.7 Å². The number of aromatic nitrogens is 2. The predicted octanol–water partition coefficient (Wildman–Crippen LogP) is 6.46. The maximum Gasteiger partial charge on any atom is 0.225 e. The fourth-order valence-electron chi connectivity index (χ4n) is 4.06. The van der Waals surface area contributed by atoms with E-state index in [9.17, 15) is 4.79 Å². The average molecular weight is 541 g/mol. The van der Waals surface area contributed by atoms with Crippen LogP contribution in [0, 0.1) is 12.8 Å². The first-order valence-electron chi connectivity index (χ1n) is 14.6. The van der Waals surface area contributed by atoms with Crippen molar-refractivity contribution in [3.8, 4) is 0 Å². The number of rotatable bonds is 21. The Kier molecular flexibility index (Phi) is 18.3. The highest BCUT2D eigenvalue weighted by molar-refractivity contribution is 5.75. The van der Waals surface area contributed by atoms with Crippen molar-refractivity contribution in [2.45, 2.75) is 86.0 Å². The van der Waals surface area contributed by atoms with Gasteiger partial charge in [-0.25, -0.2) is 9.97 Å². The summed E-state index contributed by atoms with van der Waals surface area (Å²) in [6.07, 6.45) is 18.7. The average Bonchev–Trinajstić information content (AvgIpc) is 2.93. The summed E-state index contributed by atoms with van der Waals surface area (Å²) < 4.78 is 5.96. The van der Waals surface area contributed by atoms with Gasteiger partial charge in [0.15, 0.2) is 0 Å². The molecule has 1 aromatic rings. The van der Waals surface area contributed by atoms with Crippen molar-refractivity contribution in [3.05, 3.63) is 65.7 Å². The van der Waals surface area contributed by atoms with Gasteiger partial charge in [0.2, 0.25) is 11.9 Å². The van der Waals surface area contributed by atoms with E-state index >= 15 is 0 Å². The molecular weight excluding hydrogens is 488 g/mol. The van der Waals surface area contributed by atoms with Crippen LogP contribution in [0.15, 0.2) is 60.2 Å². The summed E-state index contributed by atoms with van der Waals surface area (Å²) in [5.41, 5.74) is 3.44. The quantitative estimate of drug-likeness (QED) is 0.106. The zero-order valence-corrected chi connectivity index (χ0v) is 25.0. The van der Waals surface area contributed by atoms with Gasteiger partial charge in [0.25, 0.3) is 0 Å². The van der Waals surface area contributed by atoms with Gasteiger partial charge in [-0.05, 0) is 94.4 Å². The molecule has 7 nitrogen and oxygen atoms in total. The molecule has 0 aliphatic carbocycles. The first-order valence-corrected chi connectivity index (χ1v) is 14.6. The molecule has 0 aromatic carbocycles. The molecule has 0 fully saturated rings. The Balaban J connectivity index is 2.46. The lowest BCUT2D eigenvalue weighted by Gasteiger charge is -2.22. The summed E-state index contributed by atoms with van der Waals surface area (Å²) in [6, 6.07) is 0. The van der Waals surface area contributed by atoms with Crippen LogP contribution in [0.2, 0.25) is 0 Å². The Hall–Kier alpha value is -2.93. The van der Waals surface area contributed by atoms with Gasteiger partial charge in [-0.3, -0.25) is 4.79 Å². The van der Waals surface area contributed by atoms with Crippen LogP contribution in [0.5, 0.6) is 0 Å². The standard InChI is InChI=1S/C32H52N4O3/c1-7-14-30(15-13-16-31(38)33-20-11-10-12-22-37)29(8-2)18-17-28(6)39-25-26(4)19-21-36(9-3)32-34-23-27(5)24-35-32/h8,14,17-18,23-24,26,37H,6-7,9-13,15-16,19-22,25H2,1-5H3,(H,33,38)/b18-17-,29-8+,30-14+/t26-/m0/s1. The van der Waals surface area contributed by atoms with Gasteiger partial charge in [-0.15, -0.1) is 0 Å². The van der Waals surface area contributed by atoms with E-state index in [0.717, 1.165) is 75.1 Å². The highest BCUT2D eigenvalue weighted by Crippen LogP contribution is 2.20. The number of unbranched alkanes of at least 4 members (excludes halogenated alkanes) is 2. The molecule has 0 bridgehead atoms. The summed E-state index contributed by atoms with van der Waals surface area (Å²) in [6.45, 7) is 17.8. The van der Waals surface area contributed by atoms with Gasteiger partial charge in [-0.2, -0.15) is 0 Å². The molecule has 0 aliphatic heterocycles. The lowest BCUT2D eigenvalue weighted by molar-refractivity contribution is -0.121. The van der Waals surface area contributed by atoms with Crippen LogP contribution in [0.25, 0.3) is 0 Å². The van der Waals surface area contributed by atoms with Crippen LogP contribution in [0.1, 0.15) is 84.6 Å². The molecule has 1 heterocycles. The fourth-order valence-corrected chi connectivity index (χ4v) is 4.06. The molecular formula is C32H52N4O3. The van der Waals surface area contributed by atoms with Gasteiger partial charge >= 0.3 is 0 Å². The third-order valence-electron chi connectivity index (χ3n) is 6.47. The van der Waals surface area contributed by atoms with Gasteiger partial charge in [0.1, 0.15) is 5.76 Å².